The van der Waals surface area contributed by atoms with Crippen LogP contribution in [0, 0.1) is 29.6 Å². The Balaban J connectivity index is 1.41. The molecule has 1 heterocycles. The van der Waals surface area contributed by atoms with Gasteiger partial charge in [-0.2, -0.15) is 0 Å². The molecule has 2 aromatic carbocycles. The molecular formula is C37H48O4. The van der Waals surface area contributed by atoms with Crippen molar-refractivity contribution in [2.75, 3.05) is 0 Å². The predicted octanol–water partition coefficient (Wildman–Crippen LogP) is 8.44. The van der Waals surface area contributed by atoms with Gasteiger partial charge in [0.1, 0.15) is 12.4 Å². The van der Waals surface area contributed by atoms with Crippen LogP contribution in [-0.2, 0) is 19.1 Å². The van der Waals surface area contributed by atoms with E-state index in [1.807, 2.05) is 62.4 Å². The highest BCUT2D eigenvalue weighted by atomic mass is 16.5. The molecule has 1 aliphatic heterocycles. The van der Waals surface area contributed by atoms with E-state index >= 15 is 0 Å². The number of esters is 1. The molecule has 1 fully saturated rings. The zero-order valence-electron chi connectivity index (χ0n) is 25.4. The molecule has 3 rings (SSSR count). The van der Waals surface area contributed by atoms with Crippen LogP contribution < -0.4 is 0 Å². The first-order valence-corrected chi connectivity index (χ1v) is 15.4. The third kappa shape index (κ3) is 12.1. The number of carbonyl (C=O) groups is 2. The zero-order valence-corrected chi connectivity index (χ0v) is 25.4. The summed E-state index contributed by atoms with van der Waals surface area (Å²) in [5.41, 5.74) is 3.28. The minimum atomic E-state index is -0.215. The Bertz CT molecular complexity index is 1140. The first kappa shape index (κ1) is 32.4. The molecule has 5 atom stereocenters. The Labute approximate surface area is 247 Å². The van der Waals surface area contributed by atoms with Crippen LogP contribution in [0.1, 0.15) is 96.6 Å². The normalized spacial score (nSPS) is 19.2. The van der Waals surface area contributed by atoms with E-state index in [0.717, 1.165) is 67.9 Å². The molecule has 4 heteroatoms. The van der Waals surface area contributed by atoms with Gasteiger partial charge in [0, 0.05) is 24.3 Å². The van der Waals surface area contributed by atoms with Crippen molar-refractivity contribution < 1.29 is 19.1 Å². The third-order valence-corrected chi connectivity index (χ3v) is 7.81. The van der Waals surface area contributed by atoms with Crippen molar-refractivity contribution in [1.29, 1.82) is 0 Å². The molecule has 0 aromatic heterocycles. The summed E-state index contributed by atoms with van der Waals surface area (Å²) in [5.74, 6) is 6.34. The molecule has 1 aliphatic rings. The number of benzene rings is 2. The van der Waals surface area contributed by atoms with Crippen LogP contribution >= 0.6 is 0 Å². The van der Waals surface area contributed by atoms with E-state index in [9.17, 15) is 9.59 Å². The van der Waals surface area contributed by atoms with Crippen LogP contribution in [0.5, 0.6) is 0 Å². The van der Waals surface area contributed by atoms with E-state index in [4.69, 9.17) is 9.47 Å². The molecule has 0 saturated carbocycles. The number of ether oxygens (including phenoxy) is 2. The zero-order chi connectivity index (χ0) is 29.5. The van der Waals surface area contributed by atoms with Gasteiger partial charge in [0.2, 0.25) is 0 Å². The predicted molar refractivity (Wildman–Crippen MR) is 167 cm³/mol. The monoisotopic (exact) mass is 556 g/mol. The lowest BCUT2D eigenvalue weighted by atomic mass is 9.91. The molecule has 2 aromatic rings. The van der Waals surface area contributed by atoms with Gasteiger partial charge in [0.15, 0.2) is 0 Å². The van der Waals surface area contributed by atoms with E-state index in [0.29, 0.717) is 18.9 Å². The first-order chi connectivity index (χ1) is 19.8. The summed E-state index contributed by atoms with van der Waals surface area (Å²) in [6, 6.07) is 20.2. The fourth-order valence-corrected chi connectivity index (χ4v) is 5.26. The van der Waals surface area contributed by atoms with Gasteiger partial charge in [-0.25, -0.2) is 0 Å². The highest BCUT2D eigenvalue weighted by molar-refractivity contribution is 5.72. The maximum atomic E-state index is 13.0. The fourth-order valence-electron chi connectivity index (χ4n) is 5.26. The average molecular weight is 557 g/mol. The molecule has 0 amide bonds. The van der Waals surface area contributed by atoms with Crippen molar-refractivity contribution in [2.24, 2.45) is 17.8 Å². The molecule has 0 bridgehead atoms. The molecule has 0 spiro atoms. The molecule has 220 valence electrons. The van der Waals surface area contributed by atoms with Gasteiger partial charge in [-0.3, -0.25) is 4.79 Å². The van der Waals surface area contributed by atoms with Gasteiger partial charge in [0.05, 0.1) is 18.1 Å². The van der Waals surface area contributed by atoms with Crippen LogP contribution in [0.25, 0.3) is 6.08 Å². The van der Waals surface area contributed by atoms with E-state index in [-0.39, 0.29) is 35.9 Å². The summed E-state index contributed by atoms with van der Waals surface area (Å²) < 4.78 is 12.3. The standard InChI is InChI=1S/C37H48O4/c1-28(2)36(26-33(24-29(3)27-38)25-32-17-9-6-10-18-32)41-37(39)30(4)14-11-12-20-34-22-23-35(40-34)21-13-19-31-15-7-5-8-16-31/h5-10,15-18,25,27-30,34-36H,11-12,14,20-24,26H2,1-4H3/b33-25+/t29-,30-,34-,35-,36-/m0/s1. The van der Waals surface area contributed by atoms with E-state index in [1.165, 1.54) is 0 Å². The number of rotatable bonds is 15. The number of hydrogen-bond donors (Lipinski definition) is 0. The van der Waals surface area contributed by atoms with Crippen LogP contribution in [-0.4, -0.2) is 30.6 Å². The summed E-state index contributed by atoms with van der Waals surface area (Å²) in [4.78, 5) is 24.4. The molecule has 0 radical (unpaired) electrons. The van der Waals surface area contributed by atoms with Gasteiger partial charge in [-0.05, 0) is 55.7 Å². The summed E-state index contributed by atoms with van der Waals surface area (Å²) in [6.45, 7) is 8.09. The van der Waals surface area contributed by atoms with E-state index in [2.05, 4.69) is 43.9 Å². The SMILES string of the molecule is CC(C)[C@H](C/C(=C/c1ccccc1)C[C@H](C)C=O)OC(=O)[C@@H](C)CCCC[C@H]1CC[C@H](CC#Cc2ccccc2)O1. The molecule has 0 aliphatic carbocycles. The Hall–Kier alpha value is -3.16. The minimum Gasteiger partial charge on any atom is -0.462 e. The topological polar surface area (TPSA) is 52.6 Å². The largest absolute Gasteiger partial charge is 0.462 e. The van der Waals surface area contributed by atoms with Gasteiger partial charge in [0.25, 0.3) is 0 Å². The molecule has 4 nitrogen and oxygen atoms in total. The highest BCUT2D eigenvalue weighted by Gasteiger charge is 2.26. The fraction of sp³-hybridized carbons (Fsp3) is 0.514. The maximum absolute atomic E-state index is 13.0. The van der Waals surface area contributed by atoms with Gasteiger partial charge in [-0.15, -0.1) is 0 Å². The average Bonchev–Trinajstić information content (AvgIpc) is 3.43. The smallest absolute Gasteiger partial charge is 0.308 e. The van der Waals surface area contributed by atoms with E-state index < -0.39 is 0 Å². The third-order valence-electron chi connectivity index (χ3n) is 7.81. The Morgan fingerprint density at radius 3 is 2.32 bits per heavy atom. The Kier molecular flexibility index (Phi) is 13.9. The van der Waals surface area contributed by atoms with Crippen LogP contribution in [0.2, 0.25) is 0 Å². The lowest BCUT2D eigenvalue weighted by Crippen LogP contribution is -2.27. The van der Waals surface area contributed by atoms with Crippen molar-refractivity contribution in [3.05, 3.63) is 77.4 Å². The van der Waals surface area contributed by atoms with Crippen molar-refractivity contribution in [2.45, 2.75) is 104 Å². The van der Waals surface area contributed by atoms with Gasteiger partial charge < -0.3 is 14.3 Å². The first-order valence-electron chi connectivity index (χ1n) is 15.4. The second kappa shape index (κ2) is 17.6. The van der Waals surface area contributed by atoms with Crippen molar-refractivity contribution >= 4 is 18.3 Å². The van der Waals surface area contributed by atoms with Crippen molar-refractivity contribution in [1.82, 2.24) is 0 Å². The summed E-state index contributed by atoms with van der Waals surface area (Å²) in [7, 11) is 0. The molecule has 41 heavy (non-hydrogen) atoms. The van der Waals surface area contributed by atoms with E-state index in [1.54, 1.807) is 0 Å². The summed E-state index contributed by atoms with van der Waals surface area (Å²) in [5, 5.41) is 0. The summed E-state index contributed by atoms with van der Waals surface area (Å²) in [6.07, 6.45) is 11.6. The highest BCUT2D eigenvalue weighted by Crippen LogP contribution is 2.27. The molecule has 1 saturated heterocycles. The second-order valence-corrected chi connectivity index (χ2v) is 12.0. The van der Waals surface area contributed by atoms with Crippen LogP contribution in [0.4, 0.5) is 0 Å². The van der Waals surface area contributed by atoms with Gasteiger partial charge in [-0.1, -0.05) is 113 Å². The lowest BCUT2D eigenvalue weighted by Gasteiger charge is -2.25. The molecular weight excluding hydrogens is 508 g/mol. The molecule has 0 N–H and O–H groups in total. The number of hydrogen-bond acceptors (Lipinski definition) is 4. The Morgan fingerprint density at radius 1 is 0.951 bits per heavy atom. The van der Waals surface area contributed by atoms with Crippen molar-refractivity contribution in [3.63, 3.8) is 0 Å². The number of carbonyl (C=O) groups excluding carboxylic acids is 2. The van der Waals surface area contributed by atoms with Crippen LogP contribution in [0.3, 0.4) is 0 Å². The van der Waals surface area contributed by atoms with Gasteiger partial charge >= 0.3 is 5.97 Å². The Morgan fingerprint density at radius 2 is 1.63 bits per heavy atom. The quantitative estimate of drug-likeness (QED) is 0.0956. The second-order valence-electron chi connectivity index (χ2n) is 12.0. The van der Waals surface area contributed by atoms with Crippen molar-refractivity contribution in [3.8, 4) is 11.8 Å². The summed E-state index contributed by atoms with van der Waals surface area (Å²) >= 11 is 0. The van der Waals surface area contributed by atoms with Crippen LogP contribution in [0.15, 0.2) is 66.2 Å². The maximum Gasteiger partial charge on any atom is 0.308 e. The minimum absolute atomic E-state index is 0.0752. The lowest BCUT2D eigenvalue weighted by molar-refractivity contribution is -0.156. The number of unbranched alkanes of at least 4 members (excludes halogenated alkanes) is 1. The molecule has 0 unspecified atom stereocenters. The number of aldehydes is 1.